The Morgan fingerprint density at radius 3 is 2.70 bits per heavy atom. The van der Waals surface area contributed by atoms with Crippen LogP contribution in [0.3, 0.4) is 0 Å². The number of fused-ring (bicyclic) bond motifs is 1. The molecule has 1 amide bonds. The van der Waals surface area contributed by atoms with Gasteiger partial charge in [0, 0.05) is 30.6 Å². The zero-order valence-electron chi connectivity index (χ0n) is 17.1. The topological polar surface area (TPSA) is 79.6 Å². The Labute approximate surface area is 176 Å². The lowest BCUT2D eigenvalue weighted by Gasteiger charge is -2.26. The molecule has 0 saturated carbocycles. The van der Waals surface area contributed by atoms with Crippen molar-refractivity contribution in [1.29, 1.82) is 0 Å². The first-order valence-electron chi connectivity index (χ1n) is 10.3. The lowest BCUT2D eigenvalue weighted by atomic mass is 10.1. The van der Waals surface area contributed by atoms with Gasteiger partial charge in [0.2, 0.25) is 15.9 Å². The van der Waals surface area contributed by atoms with Crippen molar-refractivity contribution in [3.63, 3.8) is 0 Å². The lowest BCUT2D eigenvalue weighted by molar-refractivity contribution is -0.120. The van der Waals surface area contributed by atoms with Gasteiger partial charge >= 0.3 is 0 Å². The molecule has 1 saturated heterocycles. The van der Waals surface area contributed by atoms with Crippen molar-refractivity contribution in [3.05, 3.63) is 65.4 Å². The molecule has 1 aliphatic rings. The molecule has 30 heavy (non-hydrogen) atoms. The zero-order chi connectivity index (χ0) is 21.1. The van der Waals surface area contributed by atoms with Crippen molar-refractivity contribution in [2.75, 3.05) is 13.1 Å². The predicted molar refractivity (Wildman–Crippen MR) is 116 cm³/mol. The quantitative estimate of drug-likeness (QED) is 0.651. The third-order valence-corrected chi connectivity index (χ3v) is 7.40. The fraction of sp³-hybridized carbons (Fsp3) is 0.348. The highest BCUT2D eigenvalue weighted by atomic mass is 32.2. The van der Waals surface area contributed by atoms with Crippen LogP contribution in [0.1, 0.15) is 36.0 Å². The van der Waals surface area contributed by atoms with Gasteiger partial charge in [0.1, 0.15) is 5.58 Å². The molecule has 1 N–H and O–H groups in total. The number of piperidine rings is 1. The van der Waals surface area contributed by atoms with Gasteiger partial charge in [-0.3, -0.25) is 4.79 Å². The smallest absolute Gasteiger partial charge is 0.243 e. The van der Waals surface area contributed by atoms with E-state index < -0.39 is 10.0 Å². The van der Waals surface area contributed by atoms with Crippen LogP contribution in [0.5, 0.6) is 0 Å². The molecule has 0 unspecified atom stereocenters. The van der Waals surface area contributed by atoms with Crippen LogP contribution < -0.4 is 5.32 Å². The van der Waals surface area contributed by atoms with Gasteiger partial charge in [0.25, 0.3) is 0 Å². The van der Waals surface area contributed by atoms with Crippen molar-refractivity contribution < 1.29 is 17.6 Å². The molecule has 6 nitrogen and oxygen atoms in total. The summed E-state index contributed by atoms with van der Waals surface area (Å²) in [5, 5.41) is 3.82. The molecular formula is C23H26N2O4S. The summed E-state index contributed by atoms with van der Waals surface area (Å²) >= 11 is 0. The molecule has 1 aromatic heterocycles. The number of furan rings is 1. The van der Waals surface area contributed by atoms with E-state index in [0.29, 0.717) is 13.1 Å². The third-order valence-electron chi connectivity index (χ3n) is 5.50. The number of rotatable bonds is 6. The Balaban J connectivity index is 1.41. The van der Waals surface area contributed by atoms with Gasteiger partial charge in [-0.1, -0.05) is 30.7 Å². The molecule has 2 aromatic carbocycles. The Kier molecular flexibility index (Phi) is 5.92. The molecule has 0 aliphatic carbocycles. The molecule has 0 radical (unpaired) electrons. The van der Waals surface area contributed by atoms with Gasteiger partial charge in [0.05, 0.1) is 17.6 Å². The van der Waals surface area contributed by atoms with E-state index in [0.717, 1.165) is 46.9 Å². The number of nitrogens with one attached hydrogen (secondary N) is 1. The molecule has 2 heterocycles. The number of nitrogens with zero attached hydrogens (tertiary/aromatic N) is 1. The Morgan fingerprint density at radius 2 is 1.90 bits per heavy atom. The first-order valence-corrected chi connectivity index (χ1v) is 11.7. The van der Waals surface area contributed by atoms with Crippen LogP contribution in [-0.2, 0) is 27.8 Å². The van der Waals surface area contributed by atoms with Crippen LogP contribution in [-0.4, -0.2) is 31.7 Å². The van der Waals surface area contributed by atoms with Crippen molar-refractivity contribution in [1.82, 2.24) is 9.62 Å². The van der Waals surface area contributed by atoms with Crippen LogP contribution >= 0.6 is 0 Å². The van der Waals surface area contributed by atoms with Gasteiger partial charge in [0.15, 0.2) is 0 Å². The molecule has 4 rings (SSSR count). The van der Waals surface area contributed by atoms with E-state index in [1.54, 1.807) is 28.8 Å². The molecule has 3 aromatic rings. The first-order chi connectivity index (χ1) is 14.4. The van der Waals surface area contributed by atoms with Crippen LogP contribution in [0, 0.1) is 6.92 Å². The Bertz CT molecular complexity index is 1160. The highest BCUT2D eigenvalue weighted by Gasteiger charge is 2.26. The minimum Gasteiger partial charge on any atom is -0.464 e. The maximum absolute atomic E-state index is 12.9. The molecule has 7 heteroatoms. The number of hydrogen-bond acceptors (Lipinski definition) is 4. The number of carbonyl (C=O) groups is 1. The van der Waals surface area contributed by atoms with Gasteiger partial charge < -0.3 is 9.73 Å². The second-order valence-corrected chi connectivity index (χ2v) is 9.76. The van der Waals surface area contributed by atoms with Gasteiger partial charge in [-0.2, -0.15) is 4.31 Å². The average Bonchev–Trinajstić information content (AvgIpc) is 3.14. The average molecular weight is 427 g/mol. The number of benzene rings is 2. The van der Waals surface area contributed by atoms with Crippen molar-refractivity contribution in [3.8, 4) is 0 Å². The van der Waals surface area contributed by atoms with Crippen molar-refractivity contribution >= 4 is 26.9 Å². The van der Waals surface area contributed by atoms with Gasteiger partial charge in [-0.15, -0.1) is 0 Å². The summed E-state index contributed by atoms with van der Waals surface area (Å²) in [6.07, 6.45) is 4.70. The first kappa shape index (κ1) is 20.6. The monoisotopic (exact) mass is 426 g/mol. The summed E-state index contributed by atoms with van der Waals surface area (Å²) < 4.78 is 32.8. The minimum absolute atomic E-state index is 0.137. The van der Waals surface area contributed by atoms with Crippen LogP contribution in [0.2, 0.25) is 0 Å². The molecule has 1 fully saturated rings. The van der Waals surface area contributed by atoms with Crippen molar-refractivity contribution in [2.45, 2.75) is 44.0 Å². The molecule has 1 aliphatic heterocycles. The second-order valence-electron chi connectivity index (χ2n) is 7.83. The van der Waals surface area contributed by atoms with E-state index in [1.807, 2.05) is 31.2 Å². The van der Waals surface area contributed by atoms with E-state index in [4.69, 9.17) is 4.42 Å². The normalized spacial score (nSPS) is 15.4. The SMILES string of the molecule is Cc1ccc2c(CC(=O)NCc3cccc(S(=O)(=O)N4CCCCC4)c3)coc2c1. The molecular weight excluding hydrogens is 400 g/mol. The van der Waals surface area contributed by atoms with E-state index >= 15 is 0 Å². The van der Waals surface area contributed by atoms with E-state index in [9.17, 15) is 13.2 Å². The molecule has 0 atom stereocenters. The molecule has 0 bridgehead atoms. The Morgan fingerprint density at radius 1 is 1.10 bits per heavy atom. The predicted octanol–water partition coefficient (Wildman–Crippen LogP) is 3.77. The molecule has 158 valence electrons. The molecule has 0 spiro atoms. The lowest BCUT2D eigenvalue weighted by Crippen LogP contribution is -2.35. The van der Waals surface area contributed by atoms with Crippen LogP contribution in [0.4, 0.5) is 0 Å². The fourth-order valence-corrected chi connectivity index (χ4v) is 5.42. The minimum atomic E-state index is -3.48. The van der Waals surface area contributed by atoms with Crippen molar-refractivity contribution in [2.24, 2.45) is 0 Å². The van der Waals surface area contributed by atoms with E-state index in [2.05, 4.69) is 5.32 Å². The summed E-state index contributed by atoms with van der Waals surface area (Å²) in [7, 11) is -3.48. The van der Waals surface area contributed by atoms with Gasteiger partial charge in [-0.25, -0.2) is 8.42 Å². The highest BCUT2D eigenvalue weighted by Crippen LogP contribution is 2.23. The van der Waals surface area contributed by atoms with Crippen LogP contribution in [0.15, 0.2) is 58.0 Å². The number of carbonyl (C=O) groups excluding carboxylic acids is 1. The number of amides is 1. The van der Waals surface area contributed by atoms with Crippen LogP contribution in [0.25, 0.3) is 11.0 Å². The standard InChI is InChI=1S/C23H26N2O4S/c1-17-8-9-21-19(16-29-22(21)12-17)14-23(26)24-15-18-6-5-7-20(13-18)30(27,28)25-10-3-2-4-11-25/h5-9,12-13,16H,2-4,10-11,14-15H2,1H3,(H,24,26). The largest absolute Gasteiger partial charge is 0.464 e. The Hall–Kier alpha value is -2.64. The summed E-state index contributed by atoms with van der Waals surface area (Å²) in [5.74, 6) is -0.137. The maximum atomic E-state index is 12.9. The van der Waals surface area contributed by atoms with E-state index in [1.165, 1.54) is 0 Å². The summed E-state index contributed by atoms with van der Waals surface area (Å²) in [6.45, 7) is 3.41. The number of aryl methyl sites for hydroxylation is 1. The van der Waals surface area contributed by atoms with E-state index in [-0.39, 0.29) is 23.8 Å². The number of hydrogen-bond donors (Lipinski definition) is 1. The van der Waals surface area contributed by atoms with Gasteiger partial charge in [-0.05, 0) is 49.1 Å². The third kappa shape index (κ3) is 4.42. The fourth-order valence-electron chi connectivity index (χ4n) is 3.83. The summed E-state index contributed by atoms with van der Waals surface area (Å²) in [6, 6.07) is 12.7. The number of sulfonamides is 1. The zero-order valence-corrected chi connectivity index (χ0v) is 17.9. The summed E-state index contributed by atoms with van der Waals surface area (Å²) in [4.78, 5) is 12.7. The summed E-state index contributed by atoms with van der Waals surface area (Å²) in [5.41, 5.74) is 3.47. The highest BCUT2D eigenvalue weighted by molar-refractivity contribution is 7.89. The second kappa shape index (κ2) is 8.62. The maximum Gasteiger partial charge on any atom is 0.243 e.